The molecular weight excluding hydrogens is 262 g/mol. The summed E-state index contributed by atoms with van der Waals surface area (Å²) in [6.07, 6.45) is 1.20. The van der Waals surface area contributed by atoms with Gasteiger partial charge in [0.25, 0.3) is 0 Å². The zero-order chi connectivity index (χ0) is 10.6. The molecule has 0 aliphatic rings. The Labute approximate surface area is 97.1 Å². The summed E-state index contributed by atoms with van der Waals surface area (Å²) < 4.78 is 1.06. The van der Waals surface area contributed by atoms with Gasteiger partial charge in [0, 0.05) is 28.7 Å². The highest BCUT2D eigenvalue weighted by Gasteiger charge is 2.08. The van der Waals surface area contributed by atoms with E-state index in [4.69, 9.17) is 0 Å². The number of carbonyl (C=O) groups excluding carboxylic acids is 1. The molecule has 0 amide bonds. The van der Waals surface area contributed by atoms with E-state index in [1.165, 1.54) is 0 Å². The minimum Gasteiger partial charge on any atom is -0.309 e. The van der Waals surface area contributed by atoms with Crippen LogP contribution < -0.4 is 0 Å². The summed E-state index contributed by atoms with van der Waals surface area (Å²) in [4.78, 5) is 14.7. The molecular formula is C10H14BrNOS. The highest BCUT2D eigenvalue weighted by molar-refractivity contribution is 9.10. The topological polar surface area (TPSA) is 20.3 Å². The Morgan fingerprint density at radius 2 is 2.29 bits per heavy atom. The van der Waals surface area contributed by atoms with Gasteiger partial charge in [0.2, 0.25) is 0 Å². The first-order valence-electron chi connectivity index (χ1n) is 4.48. The molecule has 0 bridgehead atoms. The number of ketones is 1. The molecule has 0 unspecified atom stereocenters. The van der Waals surface area contributed by atoms with E-state index in [0.29, 0.717) is 18.6 Å². The van der Waals surface area contributed by atoms with Crippen LogP contribution in [0.4, 0.5) is 0 Å². The SMILES string of the molecule is CN(C)CCC(=O)Cc1sccc1Br. The maximum absolute atomic E-state index is 11.5. The molecule has 78 valence electrons. The van der Waals surface area contributed by atoms with Crippen molar-refractivity contribution in [3.8, 4) is 0 Å². The number of hydrogen-bond acceptors (Lipinski definition) is 3. The third-order valence-electron chi connectivity index (χ3n) is 1.89. The molecule has 0 fully saturated rings. The van der Waals surface area contributed by atoms with Gasteiger partial charge in [-0.3, -0.25) is 4.79 Å². The van der Waals surface area contributed by atoms with Crippen LogP contribution in [0.25, 0.3) is 0 Å². The molecule has 14 heavy (non-hydrogen) atoms. The summed E-state index contributed by atoms with van der Waals surface area (Å²) in [5, 5.41) is 2.00. The minimum absolute atomic E-state index is 0.307. The summed E-state index contributed by atoms with van der Waals surface area (Å²) in [6.45, 7) is 0.835. The lowest BCUT2D eigenvalue weighted by atomic mass is 10.2. The molecule has 4 heteroatoms. The lowest BCUT2D eigenvalue weighted by Gasteiger charge is -2.07. The van der Waals surface area contributed by atoms with Crippen LogP contribution in [-0.4, -0.2) is 31.3 Å². The van der Waals surface area contributed by atoms with Crippen LogP contribution in [0.3, 0.4) is 0 Å². The van der Waals surface area contributed by atoms with E-state index in [2.05, 4.69) is 15.9 Å². The maximum atomic E-state index is 11.5. The molecule has 0 aliphatic carbocycles. The Bertz CT molecular complexity index is 309. The number of rotatable bonds is 5. The maximum Gasteiger partial charge on any atom is 0.139 e. The Balaban J connectivity index is 2.38. The standard InChI is InChI=1S/C10H14BrNOS/c1-12(2)5-3-8(13)7-10-9(11)4-6-14-10/h4,6H,3,5,7H2,1-2H3. The third kappa shape index (κ3) is 3.90. The number of Topliss-reactive ketones (excluding diaryl/α,β-unsaturated/α-hetero) is 1. The number of halogens is 1. The number of carbonyl (C=O) groups is 1. The first kappa shape index (κ1) is 11.9. The average molecular weight is 276 g/mol. The summed E-state index contributed by atoms with van der Waals surface area (Å²) in [7, 11) is 3.96. The van der Waals surface area contributed by atoms with Gasteiger partial charge in [0.05, 0.1) is 0 Å². The quantitative estimate of drug-likeness (QED) is 0.823. The largest absolute Gasteiger partial charge is 0.309 e. The normalized spacial score (nSPS) is 10.9. The van der Waals surface area contributed by atoms with Crippen molar-refractivity contribution in [1.29, 1.82) is 0 Å². The van der Waals surface area contributed by atoms with Crippen molar-refractivity contribution >= 4 is 33.0 Å². The number of hydrogen-bond donors (Lipinski definition) is 0. The van der Waals surface area contributed by atoms with Crippen molar-refractivity contribution in [3.05, 3.63) is 20.8 Å². The van der Waals surface area contributed by atoms with E-state index in [1.54, 1.807) is 11.3 Å². The fraction of sp³-hybridized carbons (Fsp3) is 0.500. The lowest BCUT2D eigenvalue weighted by Crippen LogP contribution is -2.17. The van der Waals surface area contributed by atoms with E-state index in [0.717, 1.165) is 15.9 Å². The van der Waals surface area contributed by atoms with E-state index in [9.17, 15) is 4.79 Å². The van der Waals surface area contributed by atoms with Crippen molar-refractivity contribution in [2.45, 2.75) is 12.8 Å². The van der Waals surface area contributed by atoms with E-state index in [1.807, 2.05) is 30.4 Å². The molecule has 1 rings (SSSR count). The molecule has 0 atom stereocenters. The van der Waals surface area contributed by atoms with Gasteiger partial charge >= 0.3 is 0 Å². The molecule has 2 nitrogen and oxygen atoms in total. The van der Waals surface area contributed by atoms with Crippen LogP contribution in [0.15, 0.2) is 15.9 Å². The van der Waals surface area contributed by atoms with Crippen LogP contribution in [0.2, 0.25) is 0 Å². The van der Waals surface area contributed by atoms with Crippen LogP contribution >= 0.6 is 27.3 Å². The van der Waals surface area contributed by atoms with Gasteiger partial charge in [-0.15, -0.1) is 11.3 Å². The van der Waals surface area contributed by atoms with Gasteiger partial charge in [-0.1, -0.05) is 0 Å². The van der Waals surface area contributed by atoms with Gasteiger partial charge < -0.3 is 4.90 Å². The monoisotopic (exact) mass is 275 g/mol. The lowest BCUT2D eigenvalue weighted by molar-refractivity contribution is -0.118. The molecule has 0 saturated heterocycles. The Morgan fingerprint density at radius 3 is 2.79 bits per heavy atom. The van der Waals surface area contributed by atoms with Gasteiger partial charge in [-0.05, 0) is 41.5 Å². The summed E-state index contributed by atoms with van der Waals surface area (Å²) >= 11 is 5.05. The summed E-state index contributed by atoms with van der Waals surface area (Å²) in [6, 6.07) is 1.99. The van der Waals surface area contributed by atoms with Gasteiger partial charge in [-0.2, -0.15) is 0 Å². The zero-order valence-electron chi connectivity index (χ0n) is 8.42. The zero-order valence-corrected chi connectivity index (χ0v) is 10.8. The van der Waals surface area contributed by atoms with Gasteiger partial charge in [-0.25, -0.2) is 0 Å². The van der Waals surface area contributed by atoms with Crippen molar-refractivity contribution in [3.63, 3.8) is 0 Å². The van der Waals surface area contributed by atoms with Crippen LogP contribution in [0, 0.1) is 0 Å². The first-order valence-corrected chi connectivity index (χ1v) is 6.15. The van der Waals surface area contributed by atoms with E-state index >= 15 is 0 Å². The Morgan fingerprint density at radius 1 is 1.57 bits per heavy atom. The smallest absolute Gasteiger partial charge is 0.139 e. The van der Waals surface area contributed by atoms with Crippen molar-refractivity contribution in [2.75, 3.05) is 20.6 Å². The molecule has 1 aromatic rings. The molecule has 0 N–H and O–H groups in total. The van der Waals surface area contributed by atoms with Gasteiger partial charge in [0.15, 0.2) is 0 Å². The predicted octanol–water partition coefficient (Wildman–Crippen LogP) is 2.57. The van der Waals surface area contributed by atoms with Crippen molar-refractivity contribution in [1.82, 2.24) is 4.90 Å². The Kier molecular flexibility index (Phi) is 4.78. The first-order chi connectivity index (χ1) is 6.59. The predicted molar refractivity (Wildman–Crippen MR) is 63.9 cm³/mol. The number of nitrogens with zero attached hydrogens (tertiary/aromatic N) is 1. The van der Waals surface area contributed by atoms with Crippen LogP contribution in [0.5, 0.6) is 0 Å². The fourth-order valence-electron chi connectivity index (χ4n) is 1.07. The second kappa shape index (κ2) is 5.63. The molecule has 0 spiro atoms. The third-order valence-corrected chi connectivity index (χ3v) is 3.81. The second-order valence-electron chi connectivity index (χ2n) is 3.46. The fourth-order valence-corrected chi connectivity index (χ4v) is 2.59. The van der Waals surface area contributed by atoms with Crippen molar-refractivity contribution < 1.29 is 4.79 Å². The molecule has 0 aromatic carbocycles. The Hall–Kier alpha value is -0.190. The summed E-state index contributed by atoms with van der Waals surface area (Å²) in [5.41, 5.74) is 0. The molecule has 0 saturated carbocycles. The number of thiophene rings is 1. The molecule has 1 aromatic heterocycles. The minimum atomic E-state index is 0.307. The molecule has 0 radical (unpaired) electrons. The molecule has 1 heterocycles. The summed E-state index contributed by atoms with van der Waals surface area (Å²) in [5.74, 6) is 0.307. The second-order valence-corrected chi connectivity index (χ2v) is 5.32. The highest BCUT2D eigenvalue weighted by Crippen LogP contribution is 2.23. The molecule has 0 aliphatic heterocycles. The van der Waals surface area contributed by atoms with E-state index < -0.39 is 0 Å². The average Bonchev–Trinajstić information content (AvgIpc) is 2.49. The highest BCUT2D eigenvalue weighted by atomic mass is 79.9. The van der Waals surface area contributed by atoms with Gasteiger partial charge in [0.1, 0.15) is 5.78 Å². The van der Waals surface area contributed by atoms with Crippen LogP contribution in [0.1, 0.15) is 11.3 Å². The van der Waals surface area contributed by atoms with Crippen LogP contribution in [-0.2, 0) is 11.2 Å². The van der Waals surface area contributed by atoms with Crippen molar-refractivity contribution in [2.24, 2.45) is 0 Å². The van der Waals surface area contributed by atoms with E-state index in [-0.39, 0.29) is 0 Å².